The summed E-state index contributed by atoms with van der Waals surface area (Å²) in [5, 5.41) is 20.2. The van der Waals surface area contributed by atoms with Crippen LogP contribution in [-0.2, 0) is 0 Å². The Kier molecular flexibility index (Phi) is 4.96. The third kappa shape index (κ3) is 4.29. The van der Waals surface area contributed by atoms with Crippen molar-refractivity contribution in [3.05, 3.63) is 23.3 Å². The van der Waals surface area contributed by atoms with Crippen molar-refractivity contribution in [1.29, 1.82) is 0 Å². The van der Waals surface area contributed by atoms with E-state index in [2.05, 4.69) is 26.8 Å². The van der Waals surface area contributed by atoms with E-state index in [1.54, 1.807) is 0 Å². The quantitative estimate of drug-likeness (QED) is 0.636. The summed E-state index contributed by atoms with van der Waals surface area (Å²) in [4.78, 5) is 0. The number of rotatable bonds is 0. The van der Waals surface area contributed by atoms with Gasteiger partial charge in [0.1, 0.15) is 0 Å². The molecule has 2 heteroatoms. The van der Waals surface area contributed by atoms with Crippen LogP contribution >= 0.6 is 0 Å². The summed E-state index contributed by atoms with van der Waals surface area (Å²) in [5.41, 5.74) is 2.09. The molecule has 0 aromatic rings. The summed E-state index contributed by atoms with van der Waals surface area (Å²) < 4.78 is 0. The van der Waals surface area contributed by atoms with Gasteiger partial charge in [0, 0.05) is 0 Å². The molecule has 0 fully saturated rings. The molecule has 0 saturated heterocycles. The van der Waals surface area contributed by atoms with Crippen LogP contribution in [0.5, 0.6) is 0 Å². The lowest BCUT2D eigenvalue weighted by molar-refractivity contribution is 0.0797. The van der Waals surface area contributed by atoms with Gasteiger partial charge in [-0.1, -0.05) is 31.6 Å². The summed E-state index contributed by atoms with van der Waals surface area (Å²) >= 11 is 0. The number of aliphatic hydroxyl groups excluding tert-OH is 2. The normalized spacial score (nSPS) is 31.2. The van der Waals surface area contributed by atoms with Gasteiger partial charge in [0.05, 0.1) is 12.2 Å². The van der Waals surface area contributed by atoms with Crippen molar-refractivity contribution < 1.29 is 10.2 Å². The Bertz CT molecular complexity index is 313. The average molecular weight is 238 g/mol. The predicted octanol–water partition coefficient (Wildman–Crippen LogP) is 3.20. The van der Waals surface area contributed by atoms with Crippen molar-refractivity contribution >= 4 is 0 Å². The van der Waals surface area contributed by atoms with E-state index in [4.69, 9.17) is 0 Å². The standard InChI is InChI=1S/C15H26O2/c1-11-6-5-9-15(3,4)14(17)10-12(2)13(16)8-7-11/h7,10,13-14,16-17H,5-6,8-9H2,1-4H3. The Labute approximate surface area is 105 Å². The Morgan fingerprint density at radius 1 is 1.24 bits per heavy atom. The molecule has 2 N–H and O–H groups in total. The van der Waals surface area contributed by atoms with E-state index in [0.717, 1.165) is 24.8 Å². The molecular formula is C15H26O2. The van der Waals surface area contributed by atoms with Crippen LogP contribution in [0.4, 0.5) is 0 Å². The topological polar surface area (TPSA) is 40.5 Å². The van der Waals surface area contributed by atoms with Crippen molar-refractivity contribution in [3.8, 4) is 0 Å². The van der Waals surface area contributed by atoms with Gasteiger partial charge in [0.25, 0.3) is 0 Å². The van der Waals surface area contributed by atoms with E-state index in [9.17, 15) is 10.2 Å². The number of allylic oxidation sites excluding steroid dienone is 1. The Hall–Kier alpha value is -0.600. The first kappa shape index (κ1) is 14.5. The van der Waals surface area contributed by atoms with Gasteiger partial charge < -0.3 is 10.2 Å². The van der Waals surface area contributed by atoms with Gasteiger partial charge >= 0.3 is 0 Å². The minimum absolute atomic E-state index is 0.119. The molecule has 2 nitrogen and oxygen atoms in total. The molecule has 2 atom stereocenters. The van der Waals surface area contributed by atoms with Crippen LogP contribution in [0.3, 0.4) is 0 Å². The molecule has 1 aliphatic carbocycles. The van der Waals surface area contributed by atoms with E-state index in [0.29, 0.717) is 6.42 Å². The monoisotopic (exact) mass is 238 g/mol. The van der Waals surface area contributed by atoms with Gasteiger partial charge in [-0.2, -0.15) is 0 Å². The zero-order chi connectivity index (χ0) is 13.1. The zero-order valence-corrected chi connectivity index (χ0v) is 11.5. The maximum Gasteiger partial charge on any atom is 0.0782 e. The fraction of sp³-hybridized carbons (Fsp3) is 0.733. The summed E-state index contributed by atoms with van der Waals surface area (Å²) in [7, 11) is 0. The first-order chi connectivity index (χ1) is 7.83. The van der Waals surface area contributed by atoms with Crippen LogP contribution in [-0.4, -0.2) is 22.4 Å². The highest BCUT2D eigenvalue weighted by molar-refractivity contribution is 5.13. The van der Waals surface area contributed by atoms with Gasteiger partial charge in [-0.15, -0.1) is 0 Å². The number of hydrogen-bond donors (Lipinski definition) is 2. The van der Waals surface area contributed by atoms with Gasteiger partial charge in [-0.3, -0.25) is 0 Å². The SMILES string of the molecule is CC1=CCC(O)C(C)=CC(O)C(C)(C)CCC1. The first-order valence-electron chi connectivity index (χ1n) is 6.53. The highest BCUT2D eigenvalue weighted by Gasteiger charge is 2.26. The average Bonchev–Trinajstić information content (AvgIpc) is 2.25. The third-order valence-corrected chi connectivity index (χ3v) is 3.83. The molecule has 0 aromatic heterocycles. The summed E-state index contributed by atoms with van der Waals surface area (Å²) in [6.07, 6.45) is 6.80. The smallest absolute Gasteiger partial charge is 0.0782 e. The van der Waals surface area contributed by atoms with E-state index in [-0.39, 0.29) is 5.41 Å². The van der Waals surface area contributed by atoms with E-state index < -0.39 is 12.2 Å². The highest BCUT2D eigenvalue weighted by Crippen LogP contribution is 2.31. The fourth-order valence-corrected chi connectivity index (χ4v) is 2.16. The molecule has 2 unspecified atom stereocenters. The van der Waals surface area contributed by atoms with Gasteiger partial charge in [-0.25, -0.2) is 0 Å². The molecule has 1 aliphatic rings. The van der Waals surface area contributed by atoms with Crippen LogP contribution in [0.25, 0.3) is 0 Å². The molecule has 0 spiro atoms. The molecular weight excluding hydrogens is 212 g/mol. The van der Waals surface area contributed by atoms with Crippen LogP contribution in [0.15, 0.2) is 23.3 Å². The maximum atomic E-state index is 10.2. The minimum Gasteiger partial charge on any atom is -0.388 e. The second kappa shape index (κ2) is 5.83. The molecule has 1 rings (SSSR count). The van der Waals surface area contributed by atoms with Crippen molar-refractivity contribution in [2.24, 2.45) is 5.41 Å². The van der Waals surface area contributed by atoms with E-state index in [1.807, 2.05) is 13.0 Å². The molecule has 0 radical (unpaired) electrons. The molecule has 0 saturated carbocycles. The number of hydrogen-bond acceptors (Lipinski definition) is 2. The second-order valence-corrected chi connectivity index (χ2v) is 6.00. The summed E-state index contributed by atoms with van der Waals surface area (Å²) in [6.45, 7) is 8.19. The summed E-state index contributed by atoms with van der Waals surface area (Å²) in [5.74, 6) is 0. The van der Waals surface area contributed by atoms with Crippen LogP contribution < -0.4 is 0 Å². The Balaban J connectivity index is 2.92. The van der Waals surface area contributed by atoms with Gasteiger partial charge in [0.2, 0.25) is 0 Å². The minimum atomic E-state index is -0.476. The molecule has 0 aromatic carbocycles. The molecule has 98 valence electrons. The van der Waals surface area contributed by atoms with Gasteiger partial charge in [0.15, 0.2) is 0 Å². The highest BCUT2D eigenvalue weighted by atomic mass is 16.3. The Morgan fingerprint density at radius 2 is 1.88 bits per heavy atom. The number of aliphatic hydroxyl groups is 2. The van der Waals surface area contributed by atoms with Crippen LogP contribution in [0.1, 0.15) is 53.4 Å². The van der Waals surface area contributed by atoms with Crippen molar-refractivity contribution in [2.45, 2.75) is 65.6 Å². The molecule has 0 bridgehead atoms. The third-order valence-electron chi connectivity index (χ3n) is 3.83. The first-order valence-corrected chi connectivity index (χ1v) is 6.53. The lowest BCUT2D eigenvalue weighted by Gasteiger charge is -2.29. The largest absolute Gasteiger partial charge is 0.388 e. The lowest BCUT2D eigenvalue weighted by Crippen LogP contribution is -2.28. The fourth-order valence-electron chi connectivity index (χ4n) is 2.16. The van der Waals surface area contributed by atoms with Crippen molar-refractivity contribution in [3.63, 3.8) is 0 Å². The molecule has 17 heavy (non-hydrogen) atoms. The maximum absolute atomic E-state index is 10.2. The molecule has 0 amide bonds. The van der Waals surface area contributed by atoms with Crippen LogP contribution in [0, 0.1) is 5.41 Å². The molecule has 0 aliphatic heterocycles. The van der Waals surface area contributed by atoms with Crippen LogP contribution in [0.2, 0.25) is 0 Å². The zero-order valence-electron chi connectivity index (χ0n) is 11.5. The summed E-state index contributed by atoms with van der Waals surface area (Å²) in [6, 6.07) is 0. The van der Waals surface area contributed by atoms with Gasteiger partial charge in [-0.05, 0) is 50.5 Å². The predicted molar refractivity (Wildman–Crippen MR) is 71.8 cm³/mol. The van der Waals surface area contributed by atoms with Crippen molar-refractivity contribution in [1.82, 2.24) is 0 Å². The van der Waals surface area contributed by atoms with E-state index in [1.165, 1.54) is 5.57 Å². The lowest BCUT2D eigenvalue weighted by atomic mass is 9.80. The van der Waals surface area contributed by atoms with Crippen molar-refractivity contribution in [2.75, 3.05) is 0 Å². The second-order valence-electron chi connectivity index (χ2n) is 6.00. The Morgan fingerprint density at radius 3 is 2.53 bits per heavy atom. The molecule has 0 heterocycles. The van der Waals surface area contributed by atoms with E-state index >= 15 is 0 Å².